The van der Waals surface area contributed by atoms with Crippen molar-refractivity contribution in [2.75, 3.05) is 6.26 Å². The molecule has 0 saturated carbocycles. The Kier molecular flexibility index (Phi) is 3.49. The van der Waals surface area contributed by atoms with Gasteiger partial charge in [-0.05, 0) is 6.26 Å². The van der Waals surface area contributed by atoms with Gasteiger partial charge in [-0.1, -0.05) is 11.9 Å². The third kappa shape index (κ3) is 2.27. The minimum Gasteiger partial charge on any atom is -0.778 e. The van der Waals surface area contributed by atoms with Crippen LogP contribution in [0.2, 0.25) is 0 Å². The second kappa shape index (κ2) is 3.27. The standard InChI is InChI=1S/CH4NOS/c1-4-2-3/h2H,1H3/q-1. The van der Waals surface area contributed by atoms with E-state index in [1.807, 2.05) is 0 Å². The van der Waals surface area contributed by atoms with Gasteiger partial charge >= 0.3 is 0 Å². The van der Waals surface area contributed by atoms with Crippen LogP contribution in [0.3, 0.4) is 0 Å². The molecule has 1 N–H and O–H groups in total. The Morgan fingerprint density at radius 2 is 2.25 bits per heavy atom. The predicted molar refractivity (Wildman–Crippen MR) is 20.0 cm³/mol. The van der Waals surface area contributed by atoms with Gasteiger partial charge in [-0.25, -0.2) is 0 Å². The molecule has 2 nitrogen and oxygen atoms in total. The second-order valence-corrected chi connectivity index (χ2v) is 0.862. The van der Waals surface area contributed by atoms with E-state index in [0.29, 0.717) is 0 Å². The molecule has 0 amide bonds. The van der Waals surface area contributed by atoms with Crippen LogP contribution in [0, 0.1) is 5.21 Å². The molecule has 0 aromatic rings. The number of hydrogen-bond donors (Lipinski definition) is 1. The first-order valence-corrected chi connectivity index (χ1v) is 2.04. The lowest BCUT2D eigenvalue weighted by Gasteiger charge is -1.95. The zero-order valence-electron chi connectivity index (χ0n) is 2.32. The van der Waals surface area contributed by atoms with Crippen molar-refractivity contribution in [2.45, 2.75) is 0 Å². The molecule has 0 spiro atoms. The molecule has 4 heavy (non-hydrogen) atoms. The average molecular weight is 78.1 g/mol. The van der Waals surface area contributed by atoms with Crippen molar-refractivity contribution in [3.8, 4) is 0 Å². The number of rotatable bonds is 1. The quantitative estimate of drug-likeness (QED) is 0.363. The molecule has 0 aliphatic rings. The third-order valence-corrected chi connectivity index (χ3v) is 0.250. The first kappa shape index (κ1) is 4.27. The average Bonchev–Trinajstić information content (AvgIpc) is 1.37. The Morgan fingerprint density at radius 3 is 2.25 bits per heavy atom. The fourth-order valence-corrected chi connectivity index (χ4v) is 0. The topological polar surface area (TPSA) is 35.1 Å². The summed E-state index contributed by atoms with van der Waals surface area (Å²) >= 11 is 1.05. The normalized spacial score (nSPS) is 7.50. The van der Waals surface area contributed by atoms with Gasteiger partial charge < -0.3 is 10.1 Å². The molecular weight excluding hydrogens is 74.1 g/mol. The highest BCUT2D eigenvalue weighted by Gasteiger charge is 1.40. The molecule has 0 atom stereocenters. The zero-order chi connectivity index (χ0) is 3.41. The summed E-state index contributed by atoms with van der Waals surface area (Å²) in [6.45, 7) is 0. The first-order chi connectivity index (χ1) is 1.91. The molecule has 26 valence electrons. The summed E-state index contributed by atoms with van der Waals surface area (Å²) < 4.78 is 0. The molecule has 3 heteroatoms. The van der Waals surface area contributed by atoms with Crippen LogP contribution in [0.5, 0.6) is 0 Å². The fraction of sp³-hybridized carbons (Fsp3) is 1.00. The van der Waals surface area contributed by atoms with Crippen molar-refractivity contribution in [1.82, 2.24) is 4.89 Å². The minimum atomic E-state index is 1.05. The minimum absolute atomic E-state index is 1.05. The van der Waals surface area contributed by atoms with E-state index < -0.39 is 0 Å². The van der Waals surface area contributed by atoms with Crippen LogP contribution in [0.25, 0.3) is 0 Å². The molecule has 0 radical (unpaired) electrons. The Morgan fingerprint density at radius 1 is 2.00 bits per heavy atom. The van der Waals surface area contributed by atoms with Crippen molar-refractivity contribution < 1.29 is 0 Å². The molecule has 0 aromatic heterocycles. The van der Waals surface area contributed by atoms with Gasteiger partial charge in [-0.15, -0.1) is 0 Å². The highest BCUT2D eigenvalue weighted by Crippen LogP contribution is 1.72. The second-order valence-electron chi connectivity index (χ2n) is 0.287. The van der Waals surface area contributed by atoms with Crippen molar-refractivity contribution in [1.29, 1.82) is 0 Å². The highest BCUT2D eigenvalue weighted by molar-refractivity contribution is 7.96. The van der Waals surface area contributed by atoms with Gasteiger partial charge in [0.2, 0.25) is 0 Å². The van der Waals surface area contributed by atoms with Crippen molar-refractivity contribution in [3.05, 3.63) is 5.21 Å². The SMILES string of the molecule is CSN[O-]. The van der Waals surface area contributed by atoms with E-state index in [1.54, 1.807) is 11.1 Å². The van der Waals surface area contributed by atoms with Crippen LogP contribution in [0.1, 0.15) is 0 Å². The van der Waals surface area contributed by atoms with Crippen molar-refractivity contribution >= 4 is 11.9 Å². The van der Waals surface area contributed by atoms with E-state index in [2.05, 4.69) is 0 Å². The van der Waals surface area contributed by atoms with Gasteiger partial charge in [0.1, 0.15) is 0 Å². The van der Waals surface area contributed by atoms with Crippen molar-refractivity contribution in [2.24, 2.45) is 0 Å². The maximum Gasteiger partial charge on any atom is -0.00463 e. The molecule has 0 rings (SSSR count). The molecule has 0 aromatic carbocycles. The molecule has 0 bridgehead atoms. The lowest BCUT2D eigenvalue weighted by Crippen LogP contribution is -1.80. The molecule has 0 aliphatic carbocycles. The summed E-state index contributed by atoms with van der Waals surface area (Å²) in [5.41, 5.74) is 0. The van der Waals surface area contributed by atoms with Gasteiger partial charge in [0.05, 0.1) is 0 Å². The molecular formula is CH4NOS-. The summed E-state index contributed by atoms with van der Waals surface area (Å²) in [5, 5.41) is 9.01. The van der Waals surface area contributed by atoms with Gasteiger partial charge in [-0.2, -0.15) is 0 Å². The number of nitrogens with one attached hydrogen (secondary N) is 1. The van der Waals surface area contributed by atoms with E-state index in [-0.39, 0.29) is 0 Å². The maximum absolute atomic E-state index is 9.01. The Bertz CT molecular complexity index is 10.0. The van der Waals surface area contributed by atoms with Crippen LogP contribution in [-0.4, -0.2) is 6.26 Å². The van der Waals surface area contributed by atoms with Crippen LogP contribution in [0.15, 0.2) is 0 Å². The maximum atomic E-state index is 9.01. The number of hydrogen-bond acceptors (Lipinski definition) is 3. The summed E-state index contributed by atoms with van der Waals surface area (Å²) in [4.78, 5) is 1.60. The van der Waals surface area contributed by atoms with E-state index in [4.69, 9.17) is 5.21 Å². The predicted octanol–water partition coefficient (Wildman–Crippen LogP) is 0.352. The van der Waals surface area contributed by atoms with Crippen LogP contribution in [0.4, 0.5) is 0 Å². The highest BCUT2D eigenvalue weighted by atomic mass is 32.2. The van der Waals surface area contributed by atoms with E-state index in [0.717, 1.165) is 11.9 Å². The molecule has 0 fully saturated rings. The van der Waals surface area contributed by atoms with Gasteiger partial charge in [0.25, 0.3) is 0 Å². The fourth-order valence-electron chi connectivity index (χ4n) is 0. The van der Waals surface area contributed by atoms with Crippen LogP contribution in [-0.2, 0) is 0 Å². The molecule has 0 heterocycles. The van der Waals surface area contributed by atoms with Gasteiger partial charge in [-0.3, -0.25) is 0 Å². The largest absolute Gasteiger partial charge is 0.778 e. The van der Waals surface area contributed by atoms with Gasteiger partial charge in [0, 0.05) is 0 Å². The smallest absolute Gasteiger partial charge is 0.00463 e. The Labute approximate surface area is 29.3 Å². The summed E-state index contributed by atoms with van der Waals surface area (Å²) in [6.07, 6.45) is 1.67. The van der Waals surface area contributed by atoms with E-state index in [9.17, 15) is 0 Å². The molecule has 0 saturated heterocycles. The zero-order valence-corrected chi connectivity index (χ0v) is 3.13. The van der Waals surface area contributed by atoms with Crippen LogP contribution >= 0.6 is 11.9 Å². The lowest BCUT2D eigenvalue weighted by molar-refractivity contribution is 1.46. The van der Waals surface area contributed by atoms with E-state index >= 15 is 0 Å². The van der Waals surface area contributed by atoms with E-state index in [1.165, 1.54) is 0 Å². The van der Waals surface area contributed by atoms with Gasteiger partial charge in [0.15, 0.2) is 0 Å². The third-order valence-electron chi connectivity index (χ3n) is 0.0833. The lowest BCUT2D eigenvalue weighted by atomic mass is 12.0. The first-order valence-electron chi connectivity index (χ1n) is 0.816. The Balaban J connectivity index is 1.97. The summed E-state index contributed by atoms with van der Waals surface area (Å²) in [5.74, 6) is 0. The Hall–Kier alpha value is 0.270. The monoisotopic (exact) mass is 78.0 g/mol. The van der Waals surface area contributed by atoms with Crippen molar-refractivity contribution in [3.63, 3.8) is 0 Å². The molecule has 0 unspecified atom stereocenters. The van der Waals surface area contributed by atoms with Crippen LogP contribution < -0.4 is 4.89 Å². The molecule has 0 aliphatic heterocycles. The summed E-state index contributed by atoms with van der Waals surface area (Å²) in [6, 6.07) is 0. The summed E-state index contributed by atoms with van der Waals surface area (Å²) in [7, 11) is 0.